The summed E-state index contributed by atoms with van der Waals surface area (Å²) >= 11 is 0. The number of halogens is 2. The molecule has 2 aromatic carbocycles. The van der Waals surface area contributed by atoms with E-state index in [-0.39, 0.29) is 16.8 Å². The third-order valence-corrected chi connectivity index (χ3v) is 4.41. The molecule has 2 N–H and O–H groups in total. The molecule has 2 amide bonds. The minimum Gasteiger partial charge on any atom is -0.335 e. The Hall–Kier alpha value is -4.14. The summed E-state index contributed by atoms with van der Waals surface area (Å²) in [5.41, 5.74) is 5.79. The maximum absolute atomic E-state index is 13.7. The Bertz CT molecular complexity index is 1270. The fourth-order valence-corrected chi connectivity index (χ4v) is 2.94. The van der Waals surface area contributed by atoms with Crippen LogP contribution in [0.15, 0.2) is 59.1 Å². The van der Waals surface area contributed by atoms with Crippen LogP contribution in [-0.4, -0.2) is 22.0 Å². The number of aryl methyl sites for hydroxylation is 1. The normalized spacial score (nSPS) is 10.8. The number of hydrogen-bond acceptors (Lipinski definition) is 5. The number of hydrazine groups is 1. The largest absolute Gasteiger partial charge is 0.335 e. The minimum atomic E-state index is -0.812. The van der Waals surface area contributed by atoms with Gasteiger partial charge in [-0.3, -0.25) is 20.4 Å². The van der Waals surface area contributed by atoms with E-state index < -0.39 is 23.4 Å². The highest BCUT2D eigenvalue weighted by atomic mass is 19.1. The van der Waals surface area contributed by atoms with Crippen molar-refractivity contribution < 1.29 is 22.9 Å². The summed E-state index contributed by atoms with van der Waals surface area (Å²) in [5, 5.41) is 4.19. The number of carbonyl (C=O) groups is 2. The number of pyridine rings is 1. The van der Waals surface area contributed by atoms with Crippen LogP contribution in [0, 0.1) is 18.6 Å². The average molecular weight is 408 g/mol. The summed E-state index contributed by atoms with van der Waals surface area (Å²) in [6, 6.07) is 12.4. The first kappa shape index (κ1) is 19.2. The van der Waals surface area contributed by atoms with Gasteiger partial charge in [0.2, 0.25) is 0 Å². The van der Waals surface area contributed by atoms with Crippen molar-refractivity contribution in [2.75, 3.05) is 0 Å². The lowest BCUT2D eigenvalue weighted by molar-refractivity contribution is 0.0845. The van der Waals surface area contributed by atoms with Crippen molar-refractivity contribution in [1.29, 1.82) is 0 Å². The number of hydrogen-bond donors (Lipinski definition) is 2. The molecule has 0 unspecified atom stereocenters. The van der Waals surface area contributed by atoms with Gasteiger partial charge in [0.1, 0.15) is 11.6 Å². The predicted molar refractivity (Wildman–Crippen MR) is 103 cm³/mol. The zero-order chi connectivity index (χ0) is 21.3. The van der Waals surface area contributed by atoms with E-state index in [0.29, 0.717) is 22.3 Å². The average Bonchev–Trinajstić information content (AvgIpc) is 3.13. The van der Waals surface area contributed by atoms with Crippen molar-refractivity contribution >= 4 is 22.9 Å². The third kappa shape index (κ3) is 3.60. The summed E-state index contributed by atoms with van der Waals surface area (Å²) in [5.74, 6) is -2.62. The van der Waals surface area contributed by atoms with Crippen molar-refractivity contribution in [3.63, 3.8) is 0 Å². The molecular weight excluding hydrogens is 394 g/mol. The van der Waals surface area contributed by atoms with Gasteiger partial charge in [0.05, 0.1) is 27.9 Å². The molecule has 0 aliphatic carbocycles. The smallest absolute Gasteiger partial charge is 0.272 e. The minimum absolute atomic E-state index is 0.111. The van der Waals surface area contributed by atoms with Crippen LogP contribution in [0.3, 0.4) is 0 Å². The Kier molecular flexibility index (Phi) is 4.93. The fraction of sp³-hybridized carbons (Fsp3) is 0.0476. The molecule has 0 bridgehead atoms. The number of fused-ring (bicyclic) bond motifs is 1. The molecule has 4 aromatic rings. The lowest BCUT2D eigenvalue weighted by Crippen LogP contribution is -2.42. The summed E-state index contributed by atoms with van der Waals surface area (Å²) < 4.78 is 32.2. The molecule has 0 fully saturated rings. The quantitative estimate of drug-likeness (QED) is 0.506. The highest BCUT2D eigenvalue weighted by molar-refractivity contribution is 6.08. The summed E-state index contributed by atoms with van der Waals surface area (Å²) in [4.78, 5) is 29.3. The Morgan fingerprint density at radius 3 is 2.30 bits per heavy atom. The molecule has 9 heteroatoms. The van der Waals surface area contributed by atoms with E-state index in [1.54, 1.807) is 6.92 Å². The van der Waals surface area contributed by atoms with Gasteiger partial charge in [-0.2, -0.15) is 0 Å². The van der Waals surface area contributed by atoms with Crippen molar-refractivity contribution in [3.05, 3.63) is 83.1 Å². The number of nitrogens with zero attached hydrogens (tertiary/aromatic N) is 2. The summed E-state index contributed by atoms with van der Waals surface area (Å²) in [6.07, 6.45) is 0. The molecule has 0 aliphatic heterocycles. The molecule has 0 spiro atoms. The molecule has 2 aromatic heterocycles. The maximum atomic E-state index is 13.7. The van der Waals surface area contributed by atoms with Crippen molar-refractivity contribution in [2.24, 2.45) is 0 Å². The molecule has 0 saturated carbocycles. The van der Waals surface area contributed by atoms with Crippen LogP contribution < -0.4 is 10.9 Å². The van der Waals surface area contributed by atoms with Gasteiger partial charge in [-0.05, 0) is 49.4 Å². The number of nitrogens with one attached hydrogen (secondary N) is 2. The SMILES string of the molecule is Cc1noc2nc(-c3ccc(F)cc3)cc(C(=O)NNC(=O)c3ccccc3F)c12. The molecule has 0 atom stereocenters. The van der Waals surface area contributed by atoms with Crippen LogP contribution in [0.5, 0.6) is 0 Å². The molecule has 0 radical (unpaired) electrons. The van der Waals surface area contributed by atoms with E-state index in [0.717, 1.165) is 6.07 Å². The van der Waals surface area contributed by atoms with Crippen LogP contribution in [-0.2, 0) is 0 Å². The van der Waals surface area contributed by atoms with E-state index >= 15 is 0 Å². The second-order valence-corrected chi connectivity index (χ2v) is 6.40. The highest BCUT2D eigenvalue weighted by Gasteiger charge is 2.20. The molecule has 4 rings (SSSR count). The maximum Gasteiger partial charge on any atom is 0.272 e. The van der Waals surface area contributed by atoms with Crippen LogP contribution in [0.4, 0.5) is 8.78 Å². The Balaban J connectivity index is 1.66. The van der Waals surface area contributed by atoms with E-state index in [4.69, 9.17) is 4.52 Å². The fourth-order valence-electron chi connectivity index (χ4n) is 2.94. The molecule has 150 valence electrons. The van der Waals surface area contributed by atoms with Crippen LogP contribution in [0.2, 0.25) is 0 Å². The van der Waals surface area contributed by atoms with Gasteiger partial charge in [0.25, 0.3) is 17.5 Å². The van der Waals surface area contributed by atoms with Gasteiger partial charge in [-0.1, -0.05) is 17.3 Å². The monoisotopic (exact) mass is 408 g/mol. The molecule has 7 nitrogen and oxygen atoms in total. The number of amides is 2. The number of aromatic nitrogens is 2. The second kappa shape index (κ2) is 7.70. The zero-order valence-electron chi connectivity index (χ0n) is 15.6. The van der Waals surface area contributed by atoms with Crippen LogP contribution >= 0.6 is 0 Å². The lowest BCUT2D eigenvalue weighted by atomic mass is 10.1. The Labute approximate surface area is 168 Å². The molecule has 0 saturated heterocycles. The zero-order valence-corrected chi connectivity index (χ0v) is 15.6. The number of carbonyl (C=O) groups excluding carboxylic acids is 2. The van der Waals surface area contributed by atoms with Gasteiger partial charge < -0.3 is 4.52 Å². The van der Waals surface area contributed by atoms with Gasteiger partial charge in [0.15, 0.2) is 0 Å². The van der Waals surface area contributed by atoms with Gasteiger partial charge in [-0.15, -0.1) is 0 Å². The lowest BCUT2D eigenvalue weighted by Gasteiger charge is -2.10. The molecule has 0 aliphatic rings. The summed E-state index contributed by atoms with van der Waals surface area (Å²) in [7, 11) is 0. The first-order valence-electron chi connectivity index (χ1n) is 8.82. The molecular formula is C21H14F2N4O3. The van der Waals surface area contributed by atoms with Gasteiger partial charge >= 0.3 is 0 Å². The molecule has 30 heavy (non-hydrogen) atoms. The van der Waals surface area contributed by atoms with Crippen molar-refractivity contribution in [3.8, 4) is 11.3 Å². The topological polar surface area (TPSA) is 97.1 Å². The van der Waals surface area contributed by atoms with E-state index in [1.807, 2.05) is 0 Å². The number of rotatable bonds is 3. The second-order valence-electron chi connectivity index (χ2n) is 6.40. The van der Waals surface area contributed by atoms with Crippen molar-refractivity contribution in [2.45, 2.75) is 6.92 Å². The molecule has 2 heterocycles. The van der Waals surface area contributed by atoms with Gasteiger partial charge in [-0.25, -0.2) is 13.8 Å². The van der Waals surface area contributed by atoms with E-state index in [1.165, 1.54) is 48.5 Å². The van der Waals surface area contributed by atoms with E-state index in [2.05, 4.69) is 21.0 Å². The van der Waals surface area contributed by atoms with Crippen LogP contribution in [0.1, 0.15) is 26.4 Å². The first-order valence-corrected chi connectivity index (χ1v) is 8.82. The van der Waals surface area contributed by atoms with Gasteiger partial charge in [0, 0.05) is 5.56 Å². The van der Waals surface area contributed by atoms with Crippen molar-refractivity contribution in [1.82, 2.24) is 21.0 Å². The van der Waals surface area contributed by atoms with Crippen LogP contribution in [0.25, 0.3) is 22.4 Å². The highest BCUT2D eigenvalue weighted by Crippen LogP contribution is 2.27. The number of benzene rings is 2. The predicted octanol–water partition coefficient (Wildman–Crippen LogP) is 3.55. The summed E-state index contributed by atoms with van der Waals surface area (Å²) in [6.45, 7) is 1.64. The third-order valence-electron chi connectivity index (χ3n) is 4.41. The Morgan fingerprint density at radius 1 is 0.933 bits per heavy atom. The van der Waals surface area contributed by atoms with E-state index in [9.17, 15) is 18.4 Å². The standard InChI is InChI=1S/C21H14F2N4O3/c1-11-18-15(20(29)26-25-19(28)14-4-2-3-5-16(14)23)10-17(24-21(18)30-27-11)12-6-8-13(22)9-7-12/h2-10H,1H3,(H,25,28)(H,26,29). The Morgan fingerprint density at radius 2 is 1.60 bits per heavy atom. The first-order chi connectivity index (χ1) is 14.4.